The average molecular weight is 211 g/mol. The molecule has 1 aromatic heterocycles. The molecule has 4 nitrogen and oxygen atoms in total. The van der Waals surface area contributed by atoms with Gasteiger partial charge in [0.2, 0.25) is 5.91 Å². The van der Waals surface area contributed by atoms with Gasteiger partial charge in [-0.25, -0.2) is 0 Å². The first-order chi connectivity index (χ1) is 7.81. The number of carbonyl (C=O) groups is 1. The summed E-state index contributed by atoms with van der Waals surface area (Å²) in [5.41, 5.74) is 1.37. The van der Waals surface area contributed by atoms with E-state index in [9.17, 15) is 4.79 Å². The number of carbonyl (C=O) groups excluding carboxylic acids is 1. The Kier molecular flexibility index (Phi) is 2.79. The standard InChI is InChI=1S/C12H9N3O/c13-7-6-11(16)15-10-5-1-3-9-4-2-8-14-12(9)10/h1-5,8H,6H2,(H,15,16). The van der Waals surface area contributed by atoms with Gasteiger partial charge in [-0.05, 0) is 12.1 Å². The van der Waals surface area contributed by atoms with Crippen molar-refractivity contribution in [2.75, 3.05) is 5.32 Å². The van der Waals surface area contributed by atoms with E-state index >= 15 is 0 Å². The molecule has 2 aromatic rings. The number of fused-ring (bicyclic) bond motifs is 1. The van der Waals surface area contributed by atoms with Crippen LogP contribution >= 0.6 is 0 Å². The molecule has 1 amide bonds. The van der Waals surface area contributed by atoms with E-state index in [4.69, 9.17) is 5.26 Å². The molecule has 1 heterocycles. The van der Waals surface area contributed by atoms with E-state index in [1.807, 2.05) is 24.3 Å². The van der Waals surface area contributed by atoms with Crippen molar-refractivity contribution >= 4 is 22.5 Å². The van der Waals surface area contributed by atoms with E-state index < -0.39 is 0 Å². The van der Waals surface area contributed by atoms with Crippen LogP contribution in [0, 0.1) is 11.3 Å². The lowest BCUT2D eigenvalue weighted by molar-refractivity contribution is -0.115. The maximum absolute atomic E-state index is 11.3. The smallest absolute Gasteiger partial charge is 0.238 e. The predicted octanol–water partition coefficient (Wildman–Crippen LogP) is 2.09. The Hall–Kier alpha value is -2.41. The molecule has 0 atom stereocenters. The molecule has 4 heteroatoms. The Bertz CT molecular complexity index is 566. The fourth-order valence-corrected chi connectivity index (χ4v) is 1.47. The van der Waals surface area contributed by atoms with Gasteiger partial charge >= 0.3 is 0 Å². The van der Waals surface area contributed by atoms with Gasteiger partial charge in [0, 0.05) is 11.6 Å². The highest BCUT2D eigenvalue weighted by Gasteiger charge is 2.05. The molecule has 16 heavy (non-hydrogen) atoms. The second kappa shape index (κ2) is 4.41. The zero-order valence-electron chi connectivity index (χ0n) is 8.47. The normalized spacial score (nSPS) is 9.69. The van der Waals surface area contributed by atoms with Crippen LogP contribution in [0.3, 0.4) is 0 Å². The molecule has 78 valence electrons. The van der Waals surface area contributed by atoms with Gasteiger partial charge in [-0.15, -0.1) is 0 Å². The summed E-state index contributed by atoms with van der Waals surface area (Å²) in [4.78, 5) is 15.5. The summed E-state index contributed by atoms with van der Waals surface area (Å²) in [6.45, 7) is 0. The number of anilines is 1. The molecular weight excluding hydrogens is 202 g/mol. The van der Waals surface area contributed by atoms with Crippen molar-refractivity contribution in [2.24, 2.45) is 0 Å². The number of para-hydroxylation sites is 1. The summed E-state index contributed by atoms with van der Waals surface area (Å²) in [7, 11) is 0. The third kappa shape index (κ3) is 1.98. The minimum atomic E-state index is -0.319. The Balaban J connectivity index is 2.38. The van der Waals surface area contributed by atoms with Crippen molar-refractivity contribution in [3.8, 4) is 6.07 Å². The van der Waals surface area contributed by atoms with E-state index in [1.165, 1.54) is 0 Å². The number of hydrogen-bond acceptors (Lipinski definition) is 3. The van der Waals surface area contributed by atoms with E-state index in [0.717, 1.165) is 10.9 Å². The lowest BCUT2D eigenvalue weighted by Crippen LogP contribution is -2.10. The van der Waals surface area contributed by atoms with Crippen LogP contribution in [-0.2, 0) is 4.79 Å². The van der Waals surface area contributed by atoms with E-state index in [-0.39, 0.29) is 12.3 Å². The number of rotatable bonds is 2. The highest BCUT2D eigenvalue weighted by atomic mass is 16.1. The summed E-state index contributed by atoms with van der Waals surface area (Å²) in [6, 6.07) is 11.1. The van der Waals surface area contributed by atoms with Crippen molar-refractivity contribution in [1.29, 1.82) is 5.26 Å². The molecule has 0 bridgehead atoms. The van der Waals surface area contributed by atoms with Crippen LogP contribution in [0.4, 0.5) is 5.69 Å². The van der Waals surface area contributed by atoms with Crippen LogP contribution in [0.1, 0.15) is 6.42 Å². The van der Waals surface area contributed by atoms with Gasteiger partial charge in [0.1, 0.15) is 6.42 Å². The number of nitrogens with zero attached hydrogens (tertiary/aromatic N) is 2. The fraction of sp³-hybridized carbons (Fsp3) is 0.0833. The van der Waals surface area contributed by atoms with Crippen molar-refractivity contribution in [1.82, 2.24) is 4.98 Å². The molecule has 0 saturated heterocycles. The van der Waals surface area contributed by atoms with E-state index in [2.05, 4.69) is 10.3 Å². The minimum Gasteiger partial charge on any atom is -0.323 e. The number of pyridine rings is 1. The van der Waals surface area contributed by atoms with Crippen LogP contribution in [0.25, 0.3) is 10.9 Å². The zero-order valence-corrected chi connectivity index (χ0v) is 8.47. The molecule has 0 saturated carbocycles. The molecule has 0 aliphatic carbocycles. The first-order valence-corrected chi connectivity index (χ1v) is 4.82. The summed E-state index contributed by atoms with van der Waals surface area (Å²) >= 11 is 0. The number of benzene rings is 1. The summed E-state index contributed by atoms with van der Waals surface area (Å²) in [6.07, 6.45) is 1.52. The van der Waals surface area contributed by atoms with Crippen molar-refractivity contribution < 1.29 is 4.79 Å². The molecule has 2 rings (SSSR count). The predicted molar refractivity (Wildman–Crippen MR) is 60.6 cm³/mol. The first kappa shape index (κ1) is 10.1. The zero-order chi connectivity index (χ0) is 11.4. The third-order valence-corrected chi connectivity index (χ3v) is 2.15. The maximum atomic E-state index is 11.3. The second-order valence-electron chi connectivity index (χ2n) is 3.26. The van der Waals surface area contributed by atoms with Crippen LogP contribution in [0.2, 0.25) is 0 Å². The van der Waals surface area contributed by atoms with Gasteiger partial charge in [-0.3, -0.25) is 9.78 Å². The van der Waals surface area contributed by atoms with Crippen molar-refractivity contribution in [3.05, 3.63) is 36.5 Å². The Morgan fingerprint density at radius 2 is 2.19 bits per heavy atom. The van der Waals surface area contributed by atoms with Gasteiger partial charge in [0.05, 0.1) is 17.3 Å². The van der Waals surface area contributed by atoms with E-state index in [0.29, 0.717) is 5.69 Å². The Morgan fingerprint density at radius 1 is 1.38 bits per heavy atom. The molecule has 1 N–H and O–H groups in total. The second-order valence-corrected chi connectivity index (χ2v) is 3.26. The third-order valence-electron chi connectivity index (χ3n) is 2.15. The molecule has 0 aliphatic rings. The number of nitriles is 1. The monoisotopic (exact) mass is 211 g/mol. The Morgan fingerprint density at radius 3 is 3.00 bits per heavy atom. The minimum absolute atomic E-state index is 0.150. The summed E-state index contributed by atoms with van der Waals surface area (Å²) in [5, 5.41) is 12.0. The van der Waals surface area contributed by atoms with Gasteiger partial charge in [0.15, 0.2) is 0 Å². The van der Waals surface area contributed by atoms with Gasteiger partial charge in [-0.2, -0.15) is 5.26 Å². The molecule has 1 aromatic carbocycles. The van der Waals surface area contributed by atoms with Crippen molar-refractivity contribution in [2.45, 2.75) is 6.42 Å². The molecule has 0 spiro atoms. The molecular formula is C12H9N3O. The summed E-state index contributed by atoms with van der Waals surface area (Å²) < 4.78 is 0. The number of amides is 1. The average Bonchev–Trinajstić information content (AvgIpc) is 2.30. The summed E-state index contributed by atoms with van der Waals surface area (Å²) in [5.74, 6) is -0.319. The van der Waals surface area contributed by atoms with Crippen molar-refractivity contribution in [3.63, 3.8) is 0 Å². The lowest BCUT2D eigenvalue weighted by atomic mass is 10.2. The largest absolute Gasteiger partial charge is 0.323 e. The highest BCUT2D eigenvalue weighted by molar-refractivity contribution is 6.00. The van der Waals surface area contributed by atoms with Crippen LogP contribution in [0.15, 0.2) is 36.5 Å². The number of hydrogen-bond donors (Lipinski definition) is 1. The quantitative estimate of drug-likeness (QED) is 0.827. The fourth-order valence-electron chi connectivity index (χ4n) is 1.47. The van der Waals surface area contributed by atoms with Gasteiger partial charge in [0.25, 0.3) is 0 Å². The maximum Gasteiger partial charge on any atom is 0.238 e. The van der Waals surface area contributed by atoms with Crippen LogP contribution in [-0.4, -0.2) is 10.9 Å². The lowest BCUT2D eigenvalue weighted by Gasteiger charge is -2.05. The molecule has 0 aliphatic heterocycles. The van der Waals surface area contributed by atoms with Gasteiger partial charge in [-0.1, -0.05) is 18.2 Å². The topological polar surface area (TPSA) is 65.8 Å². The van der Waals surface area contributed by atoms with Gasteiger partial charge < -0.3 is 5.32 Å². The molecule has 0 unspecified atom stereocenters. The number of aromatic nitrogens is 1. The number of nitrogens with one attached hydrogen (secondary N) is 1. The van der Waals surface area contributed by atoms with Crippen LogP contribution < -0.4 is 5.32 Å². The Labute approximate surface area is 92.5 Å². The highest BCUT2D eigenvalue weighted by Crippen LogP contribution is 2.20. The molecule has 0 radical (unpaired) electrons. The van der Waals surface area contributed by atoms with E-state index in [1.54, 1.807) is 18.3 Å². The SMILES string of the molecule is N#CCC(=O)Nc1cccc2cccnc12. The molecule has 0 fully saturated rings. The van der Waals surface area contributed by atoms with Crippen LogP contribution in [0.5, 0.6) is 0 Å². The first-order valence-electron chi connectivity index (χ1n) is 4.82.